The van der Waals surface area contributed by atoms with Crippen molar-refractivity contribution < 1.29 is 28.5 Å². The van der Waals surface area contributed by atoms with E-state index in [1.165, 1.54) is 0 Å². The first kappa shape index (κ1) is 42.9. The molecular formula is C46H44Cl4N2O6. The van der Waals surface area contributed by atoms with Crippen molar-refractivity contribution in [3.05, 3.63) is 163 Å². The van der Waals surface area contributed by atoms with Crippen LogP contribution in [0.4, 0.5) is 11.4 Å². The molecule has 0 atom stereocenters. The van der Waals surface area contributed by atoms with E-state index in [9.17, 15) is 4.79 Å². The Labute approximate surface area is 360 Å². The standard InChI is InChI=1S/C46H44Cl4N2O6/c1-51(2)33-15-7-29(8-16-33)37(31-11-19-35(20-12-31)56-25-23-54-5)27-46(40-39(45(53)58-46)41(47)43(49)44(50)42(40)48)28-38(30-9-17-34(18-10-30)52(3)4)32-13-21-36(22-14-32)57-26-24-55-6/h7-22,27-28H,23-26H2,1-6H3. The molecule has 0 saturated heterocycles. The molecule has 12 heteroatoms. The molecule has 1 heterocycles. The van der Waals surface area contributed by atoms with Crippen molar-refractivity contribution in [3.8, 4) is 11.5 Å². The number of hydrogen-bond donors (Lipinski definition) is 0. The minimum Gasteiger partial charge on any atom is -0.491 e. The van der Waals surface area contributed by atoms with Gasteiger partial charge in [0, 0.05) is 59.3 Å². The Morgan fingerprint density at radius 1 is 0.552 bits per heavy atom. The molecule has 5 aromatic carbocycles. The molecule has 0 bridgehead atoms. The molecule has 0 saturated carbocycles. The first-order chi connectivity index (χ1) is 27.9. The Kier molecular flexibility index (Phi) is 14.0. The second kappa shape index (κ2) is 18.9. The summed E-state index contributed by atoms with van der Waals surface area (Å²) in [5, 5.41) is -0.0539. The van der Waals surface area contributed by atoms with Gasteiger partial charge in [0.25, 0.3) is 0 Å². The summed E-state index contributed by atoms with van der Waals surface area (Å²) in [6.45, 7) is 1.69. The van der Waals surface area contributed by atoms with Crippen molar-refractivity contribution in [2.75, 3.05) is 78.6 Å². The molecule has 8 nitrogen and oxygen atoms in total. The van der Waals surface area contributed by atoms with Crippen LogP contribution in [0.1, 0.15) is 38.2 Å². The molecule has 0 aliphatic carbocycles. The maximum Gasteiger partial charge on any atom is 0.341 e. The van der Waals surface area contributed by atoms with E-state index in [2.05, 4.69) is 0 Å². The quantitative estimate of drug-likeness (QED) is 0.0421. The van der Waals surface area contributed by atoms with Crippen LogP contribution < -0.4 is 19.3 Å². The van der Waals surface area contributed by atoms with Crippen molar-refractivity contribution >= 4 is 74.9 Å². The monoisotopic (exact) mass is 860 g/mol. The van der Waals surface area contributed by atoms with Crippen LogP contribution in [0.2, 0.25) is 20.1 Å². The average molecular weight is 863 g/mol. The maximum atomic E-state index is 14.2. The van der Waals surface area contributed by atoms with Crippen LogP contribution in [-0.4, -0.2) is 74.8 Å². The summed E-state index contributed by atoms with van der Waals surface area (Å²) in [7, 11) is 11.2. The van der Waals surface area contributed by atoms with Gasteiger partial charge in [-0.15, -0.1) is 0 Å². The molecule has 6 rings (SSSR count). The van der Waals surface area contributed by atoms with Gasteiger partial charge in [0.05, 0.1) is 38.9 Å². The van der Waals surface area contributed by atoms with Gasteiger partial charge in [-0.05, 0) is 94.1 Å². The van der Waals surface area contributed by atoms with E-state index in [-0.39, 0.29) is 31.2 Å². The molecule has 302 valence electrons. The fraction of sp³-hybridized carbons (Fsp3) is 0.239. The lowest BCUT2D eigenvalue weighted by molar-refractivity contribution is 0.0300. The van der Waals surface area contributed by atoms with Gasteiger partial charge in [0.1, 0.15) is 24.7 Å². The molecule has 58 heavy (non-hydrogen) atoms. The predicted molar refractivity (Wildman–Crippen MR) is 237 cm³/mol. The van der Waals surface area contributed by atoms with Gasteiger partial charge in [-0.25, -0.2) is 4.79 Å². The summed E-state index contributed by atoms with van der Waals surface area (Å²) >= 11 is 27.4. The van der Waals surface area contributed by atoms with Crippen molar-refractivity contribution in [1.29, 1.82) is 0 Å². The van der Waals surface area contributed by atoms with Gasteiger partial charge < -0.3 is 33.5 Å². The van der Waals surface area contributed by atoms with E-state index in [1.54, 1.807) is 14.2 Å². The van der Waals surface area contributed by atoms with Crippen LogP contribution in [0.3, 0.4) is 0 Å². The molecule has 1 aliphatic rings. The lowest BCUT2D eigenvalue weighted by atomic mass is 9.83. The first-order valence-corrected chi connectivity index (χ1v) is 19.9. The molecule has 0 spiro atoms. The van der Waals surface area contributed by atoms with E-state index in [1.807, 2.05) is 147 Å². The van der Waals surface area contributed by atoms with Crippen LogP contribution in [0.15, 0.2) is 109 Å². The molecule has 0 amide bonds. The third kappa shape index (κ3) is 9.29. The van der Waals surface area contributed by atoms with Gasteiger partial charge >= 0.3 is 5.97 Å². The molecule has 1 aliphatic heterocycles. The van der Waals surface area contributed by atoms with E-state index in [0.29, 0.717) is 37.9 Å². The maximum absolute atomic E-state index is 14.2. The number of anilines is 2. The number of methoxy groups -OCH3 is 2. The number of esters is 1. The normalized spacial score (nSPS) is 15.2. The fourth-order valence-electron chi connectivity index (χ4n) is 6.61. The van der Waals surface area contributed by atoms with Crippen LogP contribution in [0, 0.1) is 0 Å². The van der Waals surface area contributed by atoms with Gasteiger partial charge in [-0.1, -0.05) is 94.9 Å². The number of rotatable bonds is 16. The smallest absolute Gasteiger partial charge is 0.341 e. The molecular weight excluding hydrogens is 818 g/mol. The van der Waals surface area contributed by atoms with Gasteiger partial charge in [-0.3, -0.25) is 0 Å². The summed E-state index contributed by atoms with van der Waals surface area (Å²) in [6.07, 6.45) is 3.79. The highest BCUT2D eigenvalue weighted by molar-refractivity contribution is 6.53. The highest BCUT2D eigenvalue weighted by Crippen LogP contribution is 2.53. The number of carbonyl (C=O) groups excluding carboxylic acids is 1. The van der Waals surface area contributed by atoms with Crippen LogP contribution in [0.25, 0.3) is 11.1 Å². The number of benzene rings is 5. The minimum absolute atomic E-state index is 0.000418. The Bertz CT molecular complexity index is 2170. The van der Waals surface area contributed by atoms with Crippen molar-refractivity contribution in [2.24, 2.45) is 0 Å². The lowest BCUT2D eigenvalue weighted by Crippen LogP contribution is -2.23. The number of fused-ring (bicyclic) bond motifs is 1. The van der Waals surface area contributed by atoms with E-state index < -0.39 is 11.6 Å². The summed E-state index contributed by atoms with van der Waals surface area (Å²) in [6, 6.07) is 31.5. The topological polar surface area (TPSA) is 69.7 Å². The number of carbonyl (C=O) groups is 1. The first-order valence-electron chi connectivity index (χ1n) is 18.4. The second-order valence-corrected chi connectivity index (χ2v) is 15.4. The number of nitrogens with zero attached hydrogens (tertiary/aromatic N) is 2. The molecule has 0 unspecified atom stereocenters. The lowest BCUT2D eigenvalue weighted by Gasteiger charge is -2.27. The van der Waals surface area contributed by atoms with Crippen molar-refractivity contribution in [3.63, 3.8) is 0 Å². The zero-order valence-corrected chi connectivity index (χ0v) is 36.1. The average Bonchev–Trinajstić information content (AvgIpc) is 3.52. The Morgan fingerprint density at radius 3 is 1.28 bits per heavy atom. The second-order valence-electron chi connectivity index (χ2n) is 13.9. The third-order valence-corrected chi connectivity index (χ3v) is 11.5. The highest BCUT2D eigenvalue weighted by atomic mass is 35.5. The van der Waals surface area contributed by atoms with Gasteiger partial charge in [0.2, 0.25) is 0 Å². The number of cyclic esters (lactones) is 1. The number of hydrogen-bond acceptors (Lipinski definition) is 8. The third-order valence-electron chi connectivity index (χ3n) is 9.67. The van der Waals surface area contributed by atoms with Crippen LogP contribution in [-0.2, 0) is 19.8 Å². The molecule has 0 N–H and O–H groups in total. The number of halogens is 4. The zero-order valence-electron chi connectivity index (χ0n) is 33.1. The summed E-state index contributed by atoms with van der Waals surface area (Å²) in [4.78, 5) is 18.3. The Morgan fingerprint density at radius 2 is 0.914 bits per heavy atom. The number of ether oxygens (including phenoxy) is 5. The highest BCUT2D eigenvalue weighted by Gasteiger charge is 2.48. The fourth-order valence-corrected chi connectivity index (χ4v) is 7.69. The summed E-state index contributed by atoms with van der Waals surface area (Å²) in [5.41, 5.74) is 5.40. The van der Waals surface area contributed by atoms with Crippen LogP contribution >= 0.6 is 46.4 Å². The Balaban J connectivity index is 1.67. The predicted octanol–water partition coefficient (Wildman–Crippen LogP) is 11.1. The van der Waals surface area contributed by atoms with Crippen molar-refractivity contribution in [1.82, 2.24) is 0 Å². The zero-order chi connectivity index (χ0) is 41.6. The minimum atomic E-state index is -1.67. The molecule has 0 fully saturated rings. The van der Waals surface area contributed by atoms with Crippen molar-refractivity contribution in [2.45, 2.75) is 5.60 Å². The molecule has 0 aromatic heterocycles. The molecule has 5 aromatic rings. The molecule has 0 radical (unpaired) electrons. The summed E-state index contributed by atoms with van der Waals surface area (Å²) in [5.74, 6) is 0.635. The SMILES string of the molecule is COCCOc1ccc(C(=CC2(C=C(c3ccc(OCCOC)cc3)c3ccc(N(C)C)cc3)OC(=O)c3c(Cl)c(Cl)c(Cl)c(Cl)c32)c2ccc(N(C)C)cc2)cc1. The van der Waals surface area contributed by atoms with E-state index >= 15 is 0 Å². The summed E-state index contributed by atoms with van der Waals surface area (Å²) < 4.78 is 28.7. The Hall–Kier alpha value is -4.67. The van der Waals surface area contributed by atoms with E-state index in [4.69, 9.17) is 70.1 Å². The van der Waals surface area contributed by atoms with Crippen LogP contribution in [0.5, 0.6) is 11.5 Å². The van der Waals surface area contributed by atoms with Gasteiger partial charge in [-0.2, -0.15) is 0 Å². The largest absolute Gasteiger partial charge is 0.491 e. The van der Waals surface area contributed by atoms with Gasteiger partial charge in [0.15, 0.2) is 5.60 Å². The van der Waals surface area contributed by atoms with E-state index in [0.717, 1.165) is 44.8 Å².